The Bertz CT molecular complexity index is 716. The van der Waals surface area contributed by atoms with Crippen LogP contribution in [-0.2, 0) is 16.6 Å². The van der Waals surface area contributed by atoms with Crippen molar-refractivity contribution in [2.45, 2.75) is 36.7 Å². The second kappa shape index (κ2) is 7.92. The van der Waals surface area contributed by atoms with E-state index in [1.807, 2.05) is 23.0 Å². The summed E-state index contributed by atoms with van der Waals surface area (Å²) in [6.45, 7) is 3.02. The lowest BCUT2D eigenvalue weighted by Crippen LogP contribution is -2.45. The van der Waals surface area contributed by atoms with Crippen LogP contribution in [0.3, 0.4) is 0 Å². The largest absolute Gasteiger partial charge is 0.297 e. The number of sulfonamides is 1. The Hall–Kier alpha value is -1.70. The third-order valence-electron chi connectivity index (χ3n) is 4.45. The average Bonchev–Trinajstić information content (AvgIpc) is 3.10. The van der Waals surface area contributed by atoms with Crippen molar-refractivity contribution in [3.05, 3.63) is 48.8 Å². The molecule has 130 valence electrons. The Labute approximate surface area is 143 Å². The summed E-state index contributed by atoms with van der Waals surface area (Å²) in [4.78, 5) is 2.69. The van der Waals surface area contributed by atoms with Gasteiger partial charge in [0.1, 0.15) is 0 Å². The standard InChI is InChI=1S/C17H24N4O2S/c22-24(23,17-8-2-1-3-9-17)19-11-14-20-12-5-4-7-16(20)15-21-13-6-10-18-21/h1-3,6,8-10,13,16,19H,4-5,7,11-12,14-15H2/t16-/m0/s1. The maximum absolute atomic E-state index is 12.3. The molecular weight excluding hydrogens is 324 g/mol. The summed E-state index contributed by atoms with van der Waals surface area (Å²) in [6, 6.07) is 10.9. The molecule has 1 saturated heterocycles. The van der Waals surface area contributed by atoms with Gasteiger partial charge in [0.2, 0.25) is 10.0 Å². The molecule has 2 heterocycles. The van der Waals surface area contributed by atoms with E-state index in [-0.39, 0.29) is 0 Å². The quantitative estimate of drug-likeness (QED) is 0.827. The molecule has 3 rings (SSSR count). The third-order valence-corrected chi connectivity index (χ3v) is 5.93. The van der Waals surface area contributed by atoms with Gasteiger partial charge in [-0.3, -0.25) is 9.58 Å². The highest BCUT2D eigenvalue weighted by molar-refractivity contribution is 7.89. The molecule has 0 bridgehead atoms. The molecule has 1 aromatic heterocycles. The Kier molecular flexibility index (Phi) is 5.65. The summed E-state index contributed by atoms with van der Waals surface area (Å²) < 4.78 is 29.2. The lowest BCUT2D eigenvalue weighted by molar-refractivity contribution is 0.132. The highest BCUT2D eigenvalue weighted by atomic mass is 32.2. The monoisotopic (exact) mass is 348 g/mol. The molecule has 0 saturated carbocycles. The number of hydrogen-bond donors (Lipinski definition) is 1. The van der Waals surface area contributed by atoms with Crippen LogP contribution in [0.1, 0.15) is 19.3 Å². The van der Waals surface area contributed by atoms with Crippen molar-refractivity contribution in [1.82, 2.24) is 19.4 Å². The first-order valence-electron chi connectivity index (χ1n) is 8.41. The van der Waals surface area contributed by atoms with Crippen LogP contribution in [0.25, 0.3) is 0 Å². The summed E-state index contributed by atoms with van der Waals surface area (Å²) in [5, 5.41) is 4.28. The average molecular weight is 348 g/mol. The van der Waals surface area contributed by atoms with Crippen LogP contribution in [0.2, 0.25) is 0 Å². The predicted molar refractivity (Wildman–Crippen MR) is 93.1 cm³/mol. The van der Waals surface area contributed by atoms with Crippen molar-refractivity contribution in [2.75, 3.05) is 19.6 Å². The molecule has 7 heteroatoms. The topological polar surface area (TPSA) is 67.2 Å². The molecule has 1 aliphatic rings. The molecule has 1 aliphatic heterocycles. The number of hydrogen-bond acceptors (Lipinski definition) is 4. The number of benzene rings is 1. The van der Waals surface area contributed by atoms with Crippen LogP contribution in [0.15, 0.2) is 53.7 Å². The first-order chi connectivity index (χ1) is 11.6. The van der Waals surface area contributed by atoms with Crippen LogP contribution >= 0.6 is 0 Å². The van der Waals surface area contributed by atoms with Gasteiger partial charge < -0.3 is 0 Å². The van der Waals surface area contributed by atoms with E-state index < -0.39 is 10.0 Å². The number of nitrogens with one attached hydrogen (secondary N) is 1. The minimum atomic E-state index is -3.42. The summed E-state index contributed by atoms with van der Waals surface area (Å²) in [7, 11) is -3.42. The van der Waals surface area contributed by atoms with Crippen molar-refractivity contribution in [2.24, 2.45) is 0 Å². The van der Waals surface area contributed by atoms with E-state index in [4.69, 9.17) is 0 Å². The molecular formula is C17H24N4O2S. The molecule has 1 atom stereocenters. The zero-order chi connectivity index (χ0) is 16.8. The smallest absolute Gasteiger partial charge is 0.240 e. The molecule has 0 amide bonds. The number of likely N-dealkylation sites (tertiary alicyclic amines) is 1. The molecule has 1 fully saturated rings. The van der Waals surface area contributed by atoms with E-state index in [2.05, 4.69) is 14.7 Å². The molecule has 24 heavy (non-hydrogen) atoms. The van der Waals surface area contributed by atoms with Gasteiger partial charge in [0, 0.05) is 31.5 Å². The molecule has 0 spiro atoms. The van der Waals surface area contributed by atoms with Crippen LogP contribution in [0.4, 0.5) is 0 Å². The van der Waals surface area contributed by atoms with Gasteiger partial charge in [-0.05, 0) is 37.6 Å². The van der Waals surface area contributed by atoms with E-state index >= 15 is 0 Å². The lowest BCUT2D eigenvalue weighted by atomic mass is 10.0. The molecule has 2 aromatic rings. The maximum atomic E-state index is 12.3. The number of aromatic nitrogens is 2. The fourth-order valence-corrected chi connectivity index (χ4v) is 4.23. The predicted octanol–water partition coefficient (Wildman–Crippen LogP) is 1.72. The van der Waals surface area contributed by atoms with Crippen LogP contribution < -0.4 is 4.72 Å². The Morgan fingerprint density at radius 1 is 1.17 bits per heavy atom. The Morgan fingerprint density at radius 2 is 2.00 bits per heavy atom. The van der Waals surface area contributed by atoms with Gasteiger partial charge >= 0.3 is 0 Å². The number of piperidine rings is 1. The number of nitrogens with zero attached hydrogens (tertiary/aromatic N) is 3. The van der Waals surface area contributed by atoms with E-state index in [1.54, 1.807) is 30.5 Å². The van der Waals surface area contributed by atoms with Crippen molar-refractivity contribution in [1.29, 1.82) is 0 Å². The van der Waals surface area contributed by atoms with Gasteiger partial charge in [-0.2, -0.15) is 5.10 Å². The summed E-state index contributed by atoms with van der Waals surface area (Å²) in [5.41, 5.74) is 0. The Morgan fingerprint density at radius 3 is 2.75 bits per heavy atom. The normalized spacial score (nSPS) is 19.4. The zero-order valence-electron chi connectivity index (χ0n) is 13.7. The third kappa shape index (κ3) is 4.43. The zero-order valence-corrected chi connectivity index (χ0v) is 14.5. The van der Waals surface area contributed by atoms with Crippen LogP contribution in [0, 0.1) is 0 Å². The van der Waals surface area contributed by atoms with E-state index in [9.17, 15) is 8.42 Å². The van der Waals surface area contributed by atoms with Crippen molar-refractivity contribution in [3.8, 4) is 0 Å². The van der Waals surface area contributed by atoms with Gasteiger partial charge in [-0.1, -0.05) is 24.6 Å². The highest BCUT2D eigenvalue weighted by Gasteiger charge is 2.23. The highest BCUT2D eigenvalue weighted by Crippen LogP contribution is 2.18. The van der Waals surface area contributed by atoms with Crippen LogP contribution in [0.5, 0.6) is 0 Å². The van der Waals surface area contributed by atoms with E-state index in [0.717, 1.165) is 26.1 Å². The van der Waals surface area contributed by atoms with E-state index in [1.165, 1.54) is 12.8 Å². The van der Waals surface area contributed by atoms with Gasteiger partial charge in [0.05, 0.1) is 11.4 Å². The van der Waals surface area contributed by atoms with Gasteiger partial charge in [0.25, 0.3) is 0 Å². The maximum Gasteiger partial charge on any atom is 0.240 e. The fraction of sp³-hybridized carbons (Fsp3) is 0.471. The summed E-state index contributed by atoms with van der Waals surface area (Å²) in [5.74, 6) is 0. The summed E-state index contributed by atoms with van der Waals surface area (Å²) in [6.07, 6.45) is 7.29. The number of rotatable bonds is 7. The van der Waals surface area contributed by atoms with Gasteiger partial charge in [-0.25, -0.2) is 13.1 Å². The van der Waals surface area contributed by atoms with Crippen molar-refractivity contribution in [3.63, 3.8) is 0 Å². The minimum absolute atomic E-state index is 0.316. The first-order valence-corrected chi connectivity index (χ1v) is 9.90. The molecule has 0 unspecified atom stereocenters. The lowest BCUT2D eigenvalue weighted by Gasteiger charge is -2.35. The van der Waals surface area contributed by atoms with Gasteiger partial charge in [-0.15, -0.1) is 0 Å². The molecule has 1 N–H and O–H groups in total. The van der Waals surface area contributed by atoms with Crippen molar-refractivity contribution < 1.29 is 8.42 Å². The molecule has 0 radical (unpaired) electrons. The minimum Gasteiger partial charge on any atom is -0.297 e. The first kappa shape index (κ1) is 17.1. The molecule has 1 aromatic carbocycles. The fourth-order valence-electron chi connectivity index (χ4n) is 3.19. The SMILES string of the molecule is O=S(=O)(NCCN1CCCC[C@H]1Cn1cccn1)c1ccccc1. The van der Waals surface area contributed by atoms with Crippen molar-refractivity contribution >= 4 is 10.0 Å². The van der Waals surface area contributed by atoms with Crippen LogP contribution in [-0.4, -0.2) is 48.8 Å². The second-order valence-electron chi connectivity index (χ2n) is 6.12. The molecule has 0 aliphatic carbocycles. The molecule has 6 nitrogen and oxygen atoms in total. The van der Waals surface area contributed by atoms with E-state index in [0.29, 0.717) is 17.5 Å². The van der Waals surface area contributed by atoms with Gasteiger partial charge in [0.15, 0.2) is 0 Å². The second-order valence-corrected chi connectivity index (χ2v) is 7.89. The summed E-state index contributed by atoms with van der Waals surface area (Å²) >= 11 is 0. The Balaban J connectivity index is 1.54.